The number of carbonyl (C=O) groups is 2. The lowest BCUT2D eigenvalue weighted by molar-refractivity contribution is -0.137. The topological polar surface area (TPSA) is 78.4 Å². The molecule has 2 rings (SSSR count). The zero-order chi connectivity index (χ0) is 14.5. The number of nitrogens with one attached hydrogen (secondary N) is 2. The zero-order valence-corrected chi connectivity index (χ0v) is 12.6. The van der Waals surface area contributed by atoms with E-state index in [0.717, 1.165) is 22.9 Å². The minimum atomic E-state index is -0.846. The van der Waals surface area contributed by atoms with E-state index in [-0.39, 0.29) is 18.5 Å². The van der Waals surface area contributed by atoms with Crippen molar-refractivity contribution in [2.24, 2.45) is 0 Å². The summed E-state index contributed by atoms with van der Waals surface area (Å²) in [6, 6.07) is 5.79. The third-order valence-corrected chi connectivity index (χ3v) is 4.11. The summed E-state index contributed by atoms with van der Waals surface area (Å²) in [6.07, 6.45) is 2.34. The van der Waals surface area contributed by atoms with Gasteiger partial charge in [-0.3, -0.25) is 4.79 Å². The summed E-state index contributed by atoms with van der Waals surface area (Å²) in [6.45, 7) is 0.371. The van der Waals surface area contributed by atoms with Gasteiger partial charge in [0.2, 0.25) is 0 Å². The van der Waals surface area contributed by atoms with Crippen molar-refractivity contribution in [3.05, 3.63) is 33.8 Å². The van der Waals surface area contributed by atoms with E-state index >= 15 is 0 Å². The SMILES string of the molecule is O=C(O)CCCNC(=O)NC1CCc2c(Br)cccc21. The Labute approximate surface area is 125 Å². The van der Waals surface area contributed by atoms with E-state index in [2.05, 4.69) is 26.6 Å². The van der Waals surface area contributed by atoms with Crippen LogP contribution in [-0.4, -0.2) is 23.7 Å². The zero-order valence-electron chi connectivity index (χ0n) is 11.0. The van der Waals surface area contributed by atoms with Crippen LogP contribution in [0.1, 0.15) is 36.4 Å². The molecule has 0 aromatic heterocycles. The number of benzene rings is 1. The summed E-state index contributed by atoms with van der Waals surface area (Å²) in [5.74, 6) is -0.846. The van der Waals surface area contributed by atoms with Crippen LogP contribution in [-0.2, 0) is 11.2 Å². The number of fused-ring (bicyclic) bond motifs is 1. The van der Waals surface area contributed by atoms with Crippen LogP contribution in [0.25, 0.3) is 0 Å². The number of amides is 2. The predicted octanol–water partition coefficient (Wildman–Crippen LogP) is 2.60. The summed E-state index contributed by atoms with van der Waals surface area (Å²) in [5.41, 5.74) is 2.41. The fourth-order valence-electron chi connectivity index (χ4n) is 2.41. The molecule has 1 unspecified atom stereocenters. The van der Waals surface area contributed by atoms with Gasteiger partial charge in [0, 0.05) is 17.4 Å². The molecule has 1 aliphatic carbocycles. The van der Waals surface area contributed by atoms with Gasteiger partial charge < -0.3 is 15.7 Å². The molecule has 108 valence electrons. The molecule has 20 heavy (non-hydrogen) atoms. The molecule has 2 amide bonds. The average Bonchev–Trinajstić information content (AvgIpc) is 2.79. The highest BCUT2D eigenvalue weighted by atomic mass is 79.9. The molecule has 0 heterocycles. The van der Waals surface area contributed by atoms with Crippen molar-refractivity contribution in [2.75, 3.05) is 6.54 Å². The molecular formula is C14H17BrN2O3. The highest BCUT2D eigenvalue weighted by molar-refractivity contribution is 9.10. The number of aliphatic carboxylic acids is 1. The molecule has 3 N–H and O–H groups in total. The molecule has 0 saturated heterocycles. The second-order valence-electron chi connectivity index (χ2n) is 4.80. The third-order valence-electron chi connectivity index (χ3n) is 3.37. The Hall–Kier alpha value is -1.56. The normalized spacial score (nSPS) is 16.6. The predicted molar refractivity (Wildman–Crippen MR) is 78.6 cm³/mol. The Morgan fingerprint density at radius 1 is 1.40 bits per heavy atom. The van der Waals surface area contributed by atoms with Crippen molar-refractivity contribution in [3.63, 3.8) is 0 Å². The molecular weight excluding hydrogens is 324 g/mol. The molecule has 1 aromatic rings. The Morgan fingerprint density at radius 2 is 2.20 bits per heavy atom. The van der Waals surface area contributed by atoms with Crippen LogP contribution >= 0.6 is 15.9 Å². The van der Waals surface area contributed by atoms with Crippen molar-refractivity contribution in [2.45, 2.75) is 31.7 Å². The molecule has 0 radical (unpaired) electrons. The second kappa shape index (κ2) is 6.74. The quantitative estimate of drug-likeness (QED) is 0.721. The number of rotatable bonds is 5. The van der Waals surface area contributed by atoms with Gasteiger partial charge in [-0.2, -0.15) is 0 Å². The Bertz CT molecular complexity index is 519. The number of carbonyl (C=O) groups excluding carboxylic acids is 1. The monoisotopic (exact) mass is 340 g/mol. The van der Waals surface area contributed by atoms with Crippen LogP contribution in [0, 0.1) is 0 Å². The first kappa shape index (κ1) is 14.8. The van der Waals surface area contributed by atoms with E-state index in [1.54, 1.807) is 0 Å². The molecule has 0 saturated carbocycles. The van der Waals surface area contributed by atoms with Gasteiger partial charge in [0.25, 0.3) is 0 Å². The fraction of sp³-hybridized carbons (Fsp3) is 0.429. The maximum Gasteiger partial charge on any atom is 0.315 e. The average molecular weight is 341 g/mol. The molecule has 1 atom stereocenters. The van der Waals surface area contributed by atoms with E-state index in [1.807, 2.05) is 18.2 Å². The molecule has 5 nitrogen and oxygen atoms in total. The maximum absolute atomic E-state index is 11.8. The van der Waals surface area contributed by atoms with Crippen molar-refractivity contribution in [1.29, 1.82) is 0 Å². The van der Waals surface area contributed by atoms with E-state index < -0.39 is 5.97 Å². The van der Waals surface area contributed by atoms with Gasteiger partial charge in [0.1, 0.15) is 0 Å². The minimum Gasteiger partial charge on any atom is -0.481 e. The minimum absolute atomic E-state index is 0.0296. The highest BCUT2D eigenvalue weighted by Crippen LogP contribution is 2.35. The number of hydrogen-bond acceptors (Lipinski definition) is 2. The van der Waals surface area contributed by atoms with Crippen LogP contribution in [0.3, 0.4) is 0 Å². The van der Waals surface area contributed by atoms with Crippen molar-refractivity contribution in [1.82, 2.24) is 10.6 Å². The van der Waals surface area contributed by atoms with Crippen LogP contribution in [0.2, 0.25) is 0 Å². The van der Waals surface area contributed by atoms with Crippen LogP contribution in [0.4, 0.5) is 4.79 Å². The molecule has 1 aromatic carbocycles. The van der Waals surface area contributed by atoms with Crippen LogP contribution in [0.15, 0.2) is 22.7 Å². The first-order valence-corrected chi connectivity index (χ1v) is 7.40. The van der Waals surface area contributed by atoms with Crippen LogP contribution in [0.5, 0.6) is 0 Å². The number of carboxylic acid groups (broad SMARTS) is 1. The summed E-state index contributed by atoms with van der Waals surface area (Å²) >= 11 is 3.52. The fourth-order valence-corrected chi connectivity index (χ4v) is 2.99. The molecule has 6 heteroatoms. The molecule has 0 aliphatic heterocycles. The van der Waals surface area contributed by atoms with Crippen molar-refractivity contribution < 1.29 is 14.7 Å². The summed E-state index contributed by atoms with van der Waals surface area (Å²) < 4.78 is 1.08. The standard InChI is InChI=1S/C14H17BrN2O3/c15-11-4-1-3-10-9(11)6-7-12(10)17-14(20)16-8-2-5-13(18)19/h1,3-4,12H,2,5-8H2,(H,18,19)(H2,16,17,20). The van der Waals surface area contributed by atoms with Gasteiger partial charge >= 0.3 is 12.0 Å². The Balaban J connectivity index is 1.82. The molecule has 0 fully saturated rings. The third kappa shape index (κ3) is 3.72. The van der Waals surface area contributed by atoms with E-state index in [0.29, 0.717) is 13.0 Å². The molecule has 1 aliphatic rings. The Morgan fingerprint density at radius 3 is 2.95 bits per heavy atom. The van der Waals surface area contributed by atoms with Gasteiger partial charge in [-0.05, 0) is 36.5 Å². The van der Waals surface area contributed by atoms with Gasteiger partial charge in [-0.25, -0.2) is 4.79 Å². The Kier molecular flexibility index (Phi) is 5.00. The summed E-state index contributed by atoms with van der Waals surface area (Å²) in [5, 5.41) is 14.1. The van der Waals surface area contributed by atoms with E-state index in [4.69, 9.17) is 5.11 Å². The van der Waals surface area contributed by atoms with Crippen molar-refractivity contribution in [3.8, 4) is 0 Å². The summed E-state index contributed by atoms with van der Waals surface area (Å²) in [7, 11) is 0. The first-order valence-electron chi connectivity index (χ1n) is 6.61. The number of carboxylic acids is 1. The largest absolute Gasteiger partial charge is 0.481 e. The van der Waals surface area contributed by atoms with Gasteiger partial charge in [0.05, 0.1) is 6.04 Å². The van der Waals surface area contributed by atoms with E-state index in [1.165, 1.54) is 5.56 Å². The number of halogens is 1. The number of urea groups is 1. The van der Waals surface area contributed by atoms with E-state index in [9.17, 15) is 9.59 Å². The molecule has 0 bridgehead atoms. The second-order valence-corrected chi connectivity index (χ2v) is 5.65. The first-order chi connectivity index (χ1) is 9.58. The van der Waals surface area contributed by atoms with Crippen LogP contribution < -0.4 is 10.6 Å². The molecule has 0 spiro atoms. The van der Waals surface area contributed by atoms with Gasteiger partial charge in [-0.1, -0.05) is 28.1 Å². The summed E-state index contributed by atoms with van der Waals surface area (Å²) in [4.78, 5) is 22.1. The lowest BCUT2D eigenvalue weighted by atomic mass is 10.1. The number of hydrogen-bond donors (Lipinski definition) is 3. The van der Waals surface area contributed by atoms with Crippen molar-refractivity contribution >= 4 is 27.9 Å². The lowest BCUT2D eigenvalue weighted by Gasteiger charge is -2.15. The smallest absolute Gasteiger partial charge is 0.315 e. The lowest BCUT2D eigenvalue weighted by Crippen LogP contribution is -2.37. The highest BCUT2D eigenvalue weighted by Gasteiger charge is 2.25. The maximum atomic E-state index is 11.8. The van der Waals surface area contributed by atoms with Gasteiger partial charge in [-0.15, -0.1) is 0 Å². The van der Waals surface area contributed by atoms with Gasteiger partial charge in [0.15, 0.2) is 0 Å².